The van der Waals surface area contributed by atoms with Crippen molar-refractivity contribution in [3.63, 3.8) is 0 Å². The van der Waals surface area contributed by atoms with Crippen LogP contribution in [0.3, 0.4) is 0 Å². The lowest BCUT2D eigenvalue weighted by molar-refractivity contribution is 0.207. The maximum absolute atomic E-state index is 13.9. The number of halogens is 1. The Labute approximate surface area is 98.5 Å². The molecule has 0 bridgehead atoms. The Morgan fingerprint density at radius 1 is 1.24 bits per heavy atom. The summed E-state index contributed by atoms with van der Waals surface area (Å²) in [6, 6.07) is 10.2. The summed E-state index contributed by atoms with van der Waals surface area (Å²) in [5.74, 6) is -0.559. The van der Waals surface area contributed by atoms with Gasteiger partial charge >= 0.3 is 0 Å². The molecule has 2 rings (SSSR count). The van der Waals surface area contributed by atoms with Crippen molar-refractivity contribution >= 4 is 0 Å². The second-order valence-corrected chi connectivity index (χ2v) is 3.53. The van der Waals surface area contributed by atoms with Gasteiger partial charge in [0.1, 0.15) is 11.8 Å². The maximum Gasteiger partial charge on any atom is 0.189 e. The monoisotopic (exact) mass is 233 g/mol. The first-order valence-corrected chi connectivity index (χ1v) is 5.15. The van der Waals surface area contributed by atoms with Crippen LogP contribution in [-0.4, -0.2) is 17.2 Å². The van der Waals surface area contributed by atoms with Crippen molar-refractivity contribution in [3.05, 3.63) is 59.7 Å². The Morgan fingerprint density at radius 2 is 1.94 bits per heavy atom. The topological polar surface area (TPSA) is 42.4 Å². The third-order valence-electron chi connectivity index (χ3n) is 2.47. The second kappa shape index (κ2) is 4.93. The van der Waals surface area contributed by atoms with Gasteiger partial charge in [-0.1, -0.05) is 30.3 Å². The molecule has 0 spiro atoms. The smallest absolute Gasteiger partial charge is 0.189 e. The lowest BCUT2D eigenvalue weighted by Gasteiger charge is -2.12. The molecule has 1 aromatic carbocycles. The number of aliphatic hydroxyl groups excluding tert-OH is 1. The van der Waals surface area contributed by atoms with Gasteiger partial charge in [-0.05, 0) is 5.56 Å². The maximum atomic E-state index is 13.9. The third-order valence-corrected chi connectivity index (χ3v) is 2.47. The molecule has 3 nitrogen and oxygen atoms in total. The molecule has 0 fully saturated rings. The number of hydrogen-bond acceptors (Lipinski definition) is 3. The van der Waals surface area contributed by atoms with Gasteiger partial charge in [0.2, 0.25) is 0 Å². The standard InChI is InChI=1S/C13H12FNO2/c1-17-10-7-8-15-12(11(10)14)13(16)9-5-3-2-4-6-9/h2-8,13,16H,1H3. The predicted molar refractivity (Wildman–Crippen MR) is 61.3 cm³/mol. The fraction of sp³-hybridized carbons (Fsp3) is 0.154. The number of pyridine rings is 1. The first-order valence-electron chi connectivity index (χ1n) is 5.15. The van der Waals surface area contributed by atoms with Crippen molar-refractivity contribution in [1.82, 2.24) is 4.98 Å². The number of ether oxygens (including phenoxy) is 1. The summed E-state index contributed by atoms with van der Waals surface area (Å²) < 4.78 is 18.7. The van der Waals surface area contributed by atoms with Crippen LogP contribution in [0.25, 0.3) is 0 Å². The van der Waals surface area contributed by atoms with Crippen molar-refractivity contribution in [2.24, 2.45) is 0 Å². The van der Waals surface area contributed by atoms with E-state index < -0.39 is 11.9 Å². The Hall–Kier alpha value is -1.94. The second-order valence-electron chi connectivity index (χ2n) is 3.53. The van der Waals surface area contributed by atoms with Crippen LogP contribution in [0.1, 0.15) is 17.4 Å². The fourth-order valence-electron chi connectivity index (χ4n) is 1.58. The van der Waals surface area contributed by atoms with Gasteiger partial charge in [0.25, 0.3) is 0 Å². The van der Waals surface area contributed by atoms with E-state index in [-0.39, 0.29) is 11.4 Å². The van der Waals surface area contributed by atoms with Crippen LogP contribution in [0.4, 0.5) is 4.39 Å². The zero-order chi connectivity index (χ0) is 12.3. The summed E-state index contributed by atoms with van der Waals surface area (Å²) >= 11 is 0. The van der Waals surface area contributed by atoms with Crippen LogP contribution in [0.15, 0.2) is 42.6 Å². The SMILES string of the molecule is COc1ccnc(C(O)c2ccccc2)c1F. The molecule has 0 saturated heterocycles. The van der Waals surface area contributed by atoms with E-state index in [1.807, 2.05) is 6.07 Å². The van der Waals surface area contributed by atoms with E-state index in [2.05, 4.69) is 4.98 Å². The highest BCUT2D eigenvalue weighted by Gasteiger charge is 2.19. The molecule has 0 saturated carbocycles. The zero-order valence-corrected chi connectivity index (χ0v) is 9.30. The van der Waals surface area contributed by atoms with E-state index in [1.54, 1.807) is 24.3 Å². The van der Waals surface area contributed by atoms with E-state index >= 15 is 0 Å². The molecule has 4 heteroatoms. The molecule has 1 heterocycles. The number of rotatable bonds is 3. The zero-order valence-electron chi connectivity index (χ0n) is 9.30. The molecule has 2 aromatic rings. The van der Waals surface area contributed by atoms with E-state index in [0.29, 0.717) is 5.56 Å². The summed E-state index contributed by atoms with van der Waals surface area (Å²) in [6.07, 6.45) is 0.315. The van der Waals surface area contributed by atoms with Crippen LogP contribution in [-0.2, 0) is 0 Å². The van der Waals surface area contributed by atoms with Crippen LogP contribution in [0, 0.1) is 5.82 Å². The molecule has 1 atom stereocenters. The number of aromatic nitrogens is 1. The average molecular weight is 233 g/mol. The molecule has 1 unspecified atom stereocenters. The summed E-state index contributed by atoms with van der Waals surface area (Å²) in [5.41, 5.74) is 0.558. The molecule has 0 aliphatic carbocycles. The highest BCUT2D eigenvalue weighted by Crippen LogP contribution is 2.26. The normalized spacial score (nSPS) is 12.2. The Balaban J connectivity index is 2.41. The van der Waals surface area contributed by atoms with Crippen molar-refractivity contribution in [2.45, 2.75) is 6.10 Å². The van der Waals surface area contributed by atoms with E-state index in [0.717, 1.165) is 0 Å². The number of hydrogen-bond donors (Lipinski definition) is 1. The summed E-state index contributed by atoms with van der Waals surface area (Å²) in [7, 11) is 1.37. The summed E-state index contributed by atoms with van der Waals surface area (Å²) in [4.78, 5) is 3.86. The van der Waals surface area contributed by atoms with Gasteiger partial charge in [0.05, 0.1) is 7.11 Å². The molecule has 17 heavy (non-hydrogen) atoms. The number of nitrogens with zero attached hydrogens (tertiary/aromatic N) is 1. The van der Waals surface area contributed by atoms with Gasteiger partial charge in [-0.2, -0.15) is 0 Å². The quantitative estimate of drug-likeness (QED) is 0.884. The number of benzene rings is 1. The van der Waals surface area contributed by atoms with Crippen molar-refractivity contribution in [1.29, 1.82) is 0 Å². The molecule has 88 valence electrons. The number of aliphatic hydroxyl groups is 1. The lowest BCUT2D eigenvalue weighted by atomic mass is 10.1. The van der Waals surface area contributed by atoms with Gasteiger partial charge in [-0.25, -0.2) is 4.39 Å². The molecule has 0 radical (unpaired) electrons. The summed E-state index contributed by atoms with van der Waals surface area (Å²) in [6.45, 7) is 0. The van der Waals surface area contributed by atoms with Gasteiger partial charge < -0.3 is 9.84 Å². The minimum Gasteiger partial charge on any atom is -0.494 e. The van der Waals surface area contributed by atoms with E-state index in [4.69, 9.17) is 4.74 Å². The van der Waals surface area contributed by atoms with E-state index in [1.165, 1.54) is 19.4 Å². The molecule has 1 aromatic heterocycles. The van der Waals surface area contributed by atoms with Crippen molar-refractivity contribution in [2.75, 3.05) is 7.11 Å². The molecule has 0 aliphatic rings. The minimum absolute atomic E-state index is 0.0319. The first kappa shape index (κ1) is 11.5. The van der Waals surface area contributed by atoms with Crippen molar-refractivity contribution < 1.29 is 14.2 Å². The Morgan fingerprint density at radius 3 is 2.59 bits per heavy atom. The lowest BCUT2D eigenvalue weighted by Crippen LogP contribution is -2.06. The van der Waals surface area contributed by atoms with Crippen LogP contribution in [0.5, 0.6) is 5.75 Å². The van der Waals surface area contributed by atoms with Gasteiger partial charge in [-0.3, -0.25) is 4.98 Å². The first-order chi connectivity index (χ1) is 8.24. The van der Waals surface area contributed by atoms with Crippen molar-refractivity contribution in [3.8, 4) is 5.75 Å². The summed E-state index contributed by atoms with van der Waals surface area (Å²) in [5, 5.41) is 10.0. The fourth-order valence-corrected chi connectivity index (χ4v) is 1.58. The molecular formula is C13H12FNO2. The molecule has 1 N–H and O–H groups in total. The van der Waals surface area contributed by atoms with Gasteiger partial charge in [-0.15, -0.1) is 0 Å². The third kappa shape index (κ3) is 2.26. The molecule has 0 aliphatic heterocycles. The highest BCUT2D eigenvalue weighted by molar-refractivity contribution is 5.32. The van der Waals surface area contributed by atoms with E-state index in [9.17, 15) is 9.50 Å². The Bertz CT molecular complexity index is 502. The average Bonchev–Trinajstić information content (AvgIpc) is 2.39. The van der Waals surface area contributed by atoms with Crippen LogP contribution >= 0.6 is 0 Å². The minimum atomic E-state index is -1.09. The van der Waals surface area contributed by atoms with Crippen LogP contribution < -0.4 is 4.74 Å². The van der Waals surface area contributed by atoms with Crippen LogP contribution in [0.2, 0.25) is 0 Å². The predicted octanol–water partition coefficient (Wildman–Crippen LogP) is 2.31. The van der Waals surface area contributed by atoms with Gasteiger partial charge in [0.15, 0.2) is 11.6 Å². The molecular weight excluding hydrogens is 221 g/mol. The number of methoxy groups -OCH3 is 1. The Kier molecular flexibility index (Phi) is 3.35. The highest BCUT2D eigenvalue weighted by atomic mass is 19.1. The largest absolute Gasteiger partial charge is 0.494 e. The van der Waals surface area contributed by atoms with Gasteiger partial charge in [0, 0.05) is 12.3 Å². The molecule has 0 amide bonds.